The molecule has 1 atom stereocenters. The van der Waals surface area contributed by atoms with E-state index in [-0.39, 0.29) is 31.0 Å². The third kappa shape index (κ3) is 4.26. The summed E-state index contributed by atoms with van der Waals surface area (Å²) in [7, 11) is 0. The van der Waals surface area contributed by atoms with Crippen molar-refractivity contribution in [1.82, 2.24) is 29.2 Å². The van der Waals surface area contributed by atoms with Crippen LogP contribution in [0, 0.1) is 5.82 Å². The van der Waals surface area contributed by atoms with Crippen LogP contribution in [0.1, 0.15) is 63.8 Å². The molecule has 1 aliphatic carbocycles. The van der Waals surface area contributed by atoms with Gasteiger partial charge in [0.05, 0.1) is 30.1 Å². The Labute approximate surface area is 221 Å². The summed E-state index contributed by atoms with van der Waals surface area (Å²) in [6.07, 6.45) is -1.13. The molecule has 9 nitrogen and oxygen atoms in total. The number of hydrogen-bond donors (Lipinski definition) is 1. The number of amides is 1. The molecule has 14 heteroatoms. The number of H-pyrrole nitrogens is 1. The van der Waals surface area contributed by atoms with Gasteiger partial charge in [0.2, 0.25) is 5.82 Å². The Morgan fingerprint density at radius 3 is 2.72 bits per heavy atom. The van der Waals surface area contributed by atoms with E-state index < -0.39 is 41.0 Å². The largest absolute Gasteiger partial charge is 0.451 e. The molecule has 3 aromatic heterocycles. The Bertz CT molecular complexity index is 1750. The molecule has 0 spiro atoms. The van der Waals surface area contributed by atoms with Crippen LogP contribution in [0.3, 0.4) is 0 Å². The van der Waals surface area contributed by atoms with Crippen LogP contribution in [0.25, 0.3) is 10.2 Å². The molecule has 0 saturated carbocycles. The van der Waals surface area contributed by atoms with E-state index in [0.29, 0.717) is 15.8 Å². The number of thiophene rings is 1. The Hall–Kier alpha value is -3.81. The van der Waals surface area contributed by atoms with Gasteiger partial charge in [-0.1, -0.05) is 6.07 Å². The van der Waals surface area contributed by atoms with Crippen molar-refractivity contribution < 1.29 is 22.4 Å². The van der Waals surface area contributed by atoms with Crippen molar-refractivity contribution in [3.05, 3.63) is 78.1 Å². The van der Waals surface area contributed by atoms with Crippen LogP contribution in [-0.4, -0.2) is 41.7 Å². The average molecular weight is 563 g/mol. The molecule has 204 valence electrons. The number of aromatic amines is 1. The molecule has 6 rings (SSSR count). The maximum Gasteiger partial charge on any atom is 0.451 e. The zero-order valence-corrected chi connectivity index (χ0v) is 21.5. The number of nitrogens with one attached hydrogen (secondary N) is 1. The van der Waals surface area contributed by atoms with E-state index in [1.54, 1.807) is 0 Å². The predicted molar refractivity (Wildman–Crippen MR) is 133 cm³/mol. The van der Waals surface area contributed by atoms with E-state index in [2.05, 4.69) is 15.2 Å². The van der Waals surface area contributed by atoms with Gasteiger partial charge >= 0.3 is 11.9 Å². The number of benzene rings is 1. The molecule has 0 radical (unpaired) electrons. The smallest absolute Gasteiger partial charge is 0.329 e. The number of aromatic nitrogens is 5. The lowest BCUT2D eigenvalue weighted by molar-refractivity contribution is -0.148. The zero-order valence-electron chi connectivity index (χ0n) is 20.6. The van der Waals surface area contributed by atoms with Gasteiger partial charge in [0.15, 0.2) is 5.82 Å². The van der Waals surface area contributed by atoms with Gasteiger partial charge in [-0.2, -0.15) is 13.2 Å². The minimum atomic E-state index is -4.70. The number of aryl methyl sites for hydroxylation is 2. The minimum absolute atomic E-state index is 0.00820. The quantitative estimate of drug-likeness (QED) is 0.384. The van der Waals surface area contributed by atoms with E-state index in [1.165, 1.54) is 39.9 Å². The van der Waals surface area contributed by atoms with Gasteiger partial charge in [-0.05, 0) is 55.9 Å². The molecule has 4 heterocycles. The molecule has 1 unspecified atom stereocenters. The van der Waals surface area contributed by atoms with Crippen LogP contribution in [-0.2, 0) is 32.1 Å². The molecule has 4 aromatic rings. The third-order valence-electron chi connectivity index (χ3n) is 7.26. The van der Waals surface area contributed by atoms with Crippen molar-refractivity contribution in [3.63, 3.8) is 0 Å². The molecule has 39 heavy (non-hydrogen) atoms. The van der Waals surface area contributed by atoms with Crippen LogP contribution in [0.5, 0.6) is 0 Å². The highest BCUT2D eigenvalue weighted by Crippen LogP contribution is 2.35. The van der Waals surface area contributed by atoms with Gasteiger partial charge in [0.25, 0.3) is 11.5 Å². The molecule has 1 aliphatic heterocycles. The number of carbonyl (C=O) groups excluding carboxylic acids is 1. The summed E-state index contributed by atoms with van der Waals surface area (Å²) in [5.74, 6) is -2.70. The first-order valence-corrected chi connectivity index (χ1v) is 13.2. The highest BCUT2D eigenvalue weighted by molar-refractivity contribution is 7.18. The van der Waals surface area contributed by atoms with Crippen molar-refractivity contribution in [2.45, 2.75) is 57.9 Å². The lowest BCUT2D eigenvalue weighted by Crippen LogP contribution is -2.41. The van der Waals surface area contributed by atoms with Crippen molar-refractivity contribution in [2.75, 3.05) is 6.54 Å². The molecule has 0 saturated heterocycles. The van der Waals surface area contributed by atoms with Crippen LogP contribution in [0.4, 0.5) is 17.6 Å². The fourth-order valence-corrected chi connectivity index (χ4v) is 6.89. The van der Waals surface area contributed by atoms with Gasteiger partial charge < -0.3 is 9.47 Å². The van der Waals surface area contributed by atoms with Gasteiger partial charge in [0.1, 0.15) is 10.6 Å². The molecular weight excluding hydrogens is 540 g/mol. The van der Waals surface area contributed by atoms with Crippen molar-refractivity contribution >= 4 is 27.5 Å². The van der Waals surface area contributed by atoms with Crippen molar-refractivity contribution in [1.29, 1.82) is 0 Å². The number of carbonyl (C=O) groups is 1. The van der Waals surface area contributed by atoms with Crippen molar-refractivity contribution in [2.24, 2.45) is 0 Å². The lowest BCUT2D eigenvalue weighted by Gasteiger charge is -2.33. The number of nitrogens with zero attached hydrogens (tertiary/aromatic N) is 5. The number of fused-ring (bicyclic) bond motifs is 4. The molecule has 1 amide bonds. The van der Waals surface area contributed by atoms with Gasteiger partial charge in [-0.15, -0.1) is 21.5 Å². The second kappa shape index (κ2) is 9.14. The monoisotopic (exact) mass is 562 g/mol. The molecule has 1 N–H and O–H groups in total. The summed E-state index contributed by atoms with van der Waals surface area (Å²) in [5.41, 5.74) is 0.110. The third-order valence-corrected chi connectivity index (χ3v) is 8.57. The summed E-state index contributed by atoms with van der Waals surface area (Å²) in [6, 6.07) is 3.12. The summed E-state index contributed by atoms with van der Waals surface area (Å²) in [5, 5.41) is 7.35. The highest BCUT2D eigenvalue weighted by atomic mass is 32.1. The SMILES string of the molecule is CC1CN(C(=O)c2cc(Cn3c(=O)[nH]c(=O)c4c5c(sc43)CCCC5)ccc2F)Cc2nnc(C(F)(F)F)n21. The Morgan fingerprint density at radius 2 is 1.95 bits per heavy atom. The summed E-state index contributed by atoms with van der Waals surface area (Å²) >= 11 is 1.41. The van der Waals surface area contributed by atoms with E-state index in [4.69, 9.17) is 0 Å². The number of halogens is 4. The Kier molecular flexibility index (Phi) is 5.97. The van der Waals surface area contributed by atoms with Crippen LogP contribution >= 0.6 is 11.3 Å². The van der Waals surface area contributed by atoms with Crippen molar-refractivity contribution in [3.8, 4) is 0 Å². The molecule has 0 bridgehead atoms. The maximum absolute atomic E-state index is 14.9. The fraction of sp³-hybridized carbons (Fsp3) is 0.400. The van der Waals surface area contributed by atoms with Gasteiger partial charge in [-0.25, -0.2) is 9.18 Å². The van der Waals surface area contributed by atoms with E-state index in [1.807, 2.05) is 0 Å². The van der Waals surface area contributed by atoms with E-state index >= 15 is 0 Å². The summed E-state index contributed by atoms with van der Waals surface area (Å²) in [4.78, 5) is 44.0. The van der Waals surface area contributed by atoms with Gasteiger partial charge in [-0.3, -0.25) is 19.1 Å². The topological polar surface area (TPSA) is 106 Å². The second-order valence-electron chi connectivity index (χ2n) is 9.89. The lowest BCUT2D eigenvalue weighted by atomic mass is 9.97. The molecule has 0 fully saturated rings. The summed E-state index contributed by atoms with van der Waals surface area (Å²) in [6.45, 7) is 1.13. The second-order valence-corrected chi connectivity index (χ2v) is 11.0. The number of rotatable bonds is 3. The first-order chi connectivity index (χ1) is 18.5. The average Bonchev–Trinajstić information content (AvgIpc) is 3.49. The molecular formula is C25H22F4N6O3S. The minimum Gasteiger partial charge on any atom is -0.329 e. The first-order valence-electron chi connectivity index (χ1n) is 12.4. The highest BCUT2D eigenvalue weighted by Gasteiger charge is 2.42. The van der Waals surface area contributed by atoms with Crippen LogP contribution in [0.2, 0.25) is 0 Å². The first kappa shape index (κ1) is 25.5. The van der Waals surface area contributed by atoms with E-state index in [0.717, 1.165) is 46.8 Å². The number of alkyl halides is 3. The zero-order chi connectivity index (χ0) is 27.6. The molecule has 1 aromatic carbocycles. The Balaban J connectivity index is 1.33. The Morgan fingerprint density at radius 1 is 1.18 bits per heavy atom. The predicted octanol–water partition coefficient (Wildman–Crippen LogP) is 3.64. The molecule has 2 aliphatic rings. The van der Waals surface area contributed by atoms with Gasteiger partial charge in [0, 0.05) is 11.4 Å². The van der Waals surface area contributed by atoms with Crippen LogP contribution < -0.4 is 11.2 Å². The fourth-order valence-electron chi connectivity index (χ4n) is 5.50. The standard InChI is InChI=1S/C25H22F4N6O3S/c1-12-9-33(11-18-31-32-23(35(12)18)25(27,28)29)21(37)15-8-13(6-7-16(15)26)10-34-22-19(20(36)30-24(34)38)14-4-2-3-5-17(14)39-22/h6-8,12H,2-5,9-11H2,1H3,(H,30,36,38). The van der Waals surface area contributed by atoms with E-state index in [9.17, 15) is 31.9 Å². The maximum atomic E-state index is 14.9. The normalized spacial score (nSPS) is 17.4. The number of hydrogen-bond acceptors (Lipinski definition) is 6. The summed E-state index contributed by atoms with van der Waals surface area (Å²) < 4.78 is 57.1. The van der Waals surface area contributed by atoms with Crippen LogP contribution in [0.15, 0.2) is 27.8 Å².